The molecule has 1 unspecified atom stereocenters. The van der Waals surface area contributed by atoms with Crippen molar-refractivity contribution in [2.45, 2.75) is 12.3 Å². The lowest BCUT2D eigenvalue weighted by molar-refractivity contribution is 0.669. The molecule has 7 aromatic rings. The molecule has 8 rings (SSSR count). The van der Waals surface area contributed by atoms with Gasteiger partial charge in [-0.25, -0.2) is 0 Å². The van der Waals surface area contributed by atoms with Crippen molar-refractivity contribution in [2.24, 2.45) is 0 Å². The highest BCUT2D eigenvalue weighted by Gasteiger charge is 2.16. The Labute approximate surface area is 220 Å². The van der Waals surface area contributed by atoms with Crippen molar-refractivity contribution >= 4 is 49.5 Å². The van der Waals surface area contributed by atoms with Gasteiger partial charge in [0.1, 0.15) is 22.3 Å². The van der Waals surface area contributed by atoms with Gasteiger partial charge in [-0.15, -0.1) is 0 Å². The van der Waals surface area contributed by atoms with E-state index in [0.29, 0.717) is 5.92 Å². The van der Waals surface area contributed by atoms with Gasteiger partial charge in [-0.1, -0.05) is 103 Å². The Morgan fingerprint density at radius 3 is 2.08 bits per heavy atom. The summed E-state index contributed by atoms with van der Waals surface area (Å²) >= 11 is 0. The first kappa shape index (κ1) is 21.3. The van der Waals surface area contributed by atoms with Crippen LogP contribution in [0.5, 0.6) is 0 Å². The minimum Gasteiger partial charge on any atom is -0.456 e. The molecule has 0 bridgehead atoms. The molecule has 0 fully saturated rings. The van der Waals surface area contributed by atoms with Crippen molar-refractivity contribution in [1.82, 2.24) is 0 Å². The minimum absolute atomic E-state index is 0.336. The van der Waals surface area contributed by atoms with Gasteiger partial charge in [0.05, 0.1) is 0 Å². The van der Waals surface area contributed by atoms with Gasteiger partial charge in [0.2, 0.25) is 0 Å². The fraction of sp³-hybridized carbons (Fsp3) is 0.0556. The first-order chi connectivity index (χ1) is 18.8. The molecule has 2 nitrogen and oxygen atoms in total. The van der Waals surface area contributed by atoms with E-state index in [0.717, 1.165) is 50.5 Å². The normalized spacial score (nSPS) is 15.6. The maximum Gasteiger partial charge on any atom is 0.143 e. The summed E-state index contributed by atoms with van der Waals surface area (Å²) in [5, 5.41) is 4.65. The number of benzene rings is 5. The van der Waals surface area contributed by atoms with Crippen molar-refractivity contribution < 1.29 is 8.83 Å². The molecule has 1 aliphatic rings. The second-order valence-corrected chi connectivity index (χ2v) is 10.1. The van der Waals surface area contributed by atoms with Crippen LogP contribution >= 0.6 is 0 Å². The first-order valence-corrected chi connectivity index (χ1v) is 13.1. The Balaban J connectivity index is 1.14. The SMILES string of the molecule is C1=CC(c2ccc3oc4ccccc4c3c2)=CC(c2ccc(-c3cccc4c3oc3ccccc34)cc2)C1. The van der Waals surface area contributed by atoms with Crippen LogP contribution in [0.1, 0.15) is 23.5 Å². The van der Waals surface area contributed by atoms with E-state index in [9.17, 15) is 0 Å². The number of rotatable bonds is 3. The van der Waals surface area contributed by atoms with Crippen LogP contribution in [0.15, 0.2) is 136 Å². The third-order valence-corrected chi connectivity index (χ3v) is 7.83. The highest BCUT2D eigenvalue weighted by Crippen LogP contribution is 2.38. The lowest BCUT2D eigenvalue weighted by atomic mass is 9.86. The fourth-order valence-electron chi connectivity index (χ4n) is 5.90. The Bertz CT molecular complexity index is 2050. The maximum atomic E-state index is 6.27. The number of furan rings is 2. The molecular formula is C36H24O2. The average Bonchev–Trinajstić information content (AvgIpc) is 3.55. The number of allylic oxidation sites excluding steroid dienone is 4. The fourth-order valence-corrected chi connectivity index (χ4v) is 5.90. The van der Waals surface area contributed by atoms with Crippen molar-refractivity contribution in [3.63, 3.8) is 0 Å². The average molecular weight is 489 g/mol. The van der Waals surface area contributed by atoms with E-state index < -0.39 is 0 Å². The summed E-state index contributed by atoms with van der Waals surface area (Å²) in [7, 11) is 0. The number of para-hydroxylation sites is 3. The van der Waals surface area contributed by atoms with Gasteiger partial charge in [-0.3, -0.25) is 0 Å². The predicted molar refractivity (Wildman–Crippen MR) is 157 cm³/mol. The lowest BCUT2D eigenvalue weighted by Crippen LogP contribution is -1.99. The Kier molecular flexibility index (Phi) is 4.68. The van der Waals surface area contributed by atoms with Crippen LogP contribution in [0.4, 0.5) is 0 Å². The Hall–Kier alpha value is -4.82. The van der Waals surface area contributed by atoms with Crippen LogP contribution in [0.25, 0.3) is 60.6 Å². The largest absolute Gasteiger partial charge is 0.456 e. The molecule has 38 heavy (non-hydrogen) atoms. The molecule has 0 saturated carbocycles. The van der Waals surface area contributed by atoms with Crippen LogP contribution in [0.3, 0.4) is 0 Å². The molecule has 0 aliphatic heterocycles. The quantitative estimate of drug-likeness (QED) is 0.247. The van der Waals surface area contributed by atoms with Gasteiger partial charge >= 0.3 is 0 Å². The van der Waals surface area contributed by atoms with E-state index in [2.05, 4.69) is 103 Å². The standard InChI is InChI=1S/C36H24O2/c1-4-14-34-29(9-1)31-12-6-11-28(36(31)38-34)24-17-15-23(16-18-24)25-7-5-8-26(21-25)27-19-20-35-32(22-27)30-10-2-3-13-33(30)37-35/h1-6,8-22,25H,7H2. The molecule has 0 saturated heterocycles. The summed E-state index contributed by atoms with van der Waals surface area (Å²) in [6, 6.07) is 38.4. The third-order valence-electron chi connectivity index (χ3n) is 7.83. The molecule has 0 amide bonds. The summed E-state index contributed by atoms with van der Waals surface area (Å²) in [5.74, 6) is 0.336. The van der Waals surface area contributed by atoms with Crippen LogP contribution < -0.4 is 0 Å². The zero-order valence-electron chi connectivity index (χ0n) is 20.7. The summed E-state index contributed by atoms with van der Waals surface area (Å²) < 4.78 is 12.3. The van der Waals surface area contributed by atoms with Gasteiger partial charge < -0.3 is 8.83 Å². The zero-order chi connectivity index (χ0) is 25.1. The smallest absolute Gasteiger partial charge is 0.143 e. The summed E-state index contributed by atoms with van der Waals surface area (Å²) in [6.45, 7) is 0. The molecule has 2 aromatic heterocycles. The Morgan fingerprint density at radius 1 is 0.553 bits per heavy atom. The summed E-state index contributed by atoms with van der Waals surface area (Å²) in [6.07, 6.45) is 7.94. The summed E-state index contributed by atoms with van der Waals surface area (Å²) in [4.78, 5) is 0. The predicted octanol–water partition coefficient (Wildman–Crippen LogP) is 10.3. The number of hydrogen-bond donors (Lipinski definition) is 0. The summed E-state index contributed by atoms with van der Waals surface area (Å²) in [5.41, 5.74) is 9.85. The van der Waals surface area contributed by atoms with Gasteiger partial charge in [0.15, 0.2) is 0 Å². The Morgan fingerprint density at radius 2 is 1.24 bits per heavy atom. The van der Waals surface area contributed by atoms with Crippen LogP contribution in [0.2, 0.25) is 0 Å². The van der Waals surface area contributed by atoms with E-state index >= 15 is 0 Å². The van der Waals surface area contributed by atoms with E-state index in [1.807, 2.05) is 24.3 Å². The van der Waals surface area contributed by atoms with Crippen LogP contribution in [-0.4, -0.2) is 0 Å². The van der Waals surface area contributed by atoms with Crippen molar-refractivity contribution in [1.29, 1.82) is 0 Å². The third kappa shape index (κ3) is 3.34. The highest BCUT2D eigenvalue weighted by atomic mass is 16.3. The molecule has 2 heteroatoms. The molecule has 1 atom stereocenters. The van der Waals surface area contributed by atoms with Crippen molar-refractivity contribution in [2.75, 3.05) is 0 Å². The molecule has 0 N–H and O–H groups in total. The van der Waals surface area contributed by atoms with Gasteiger partial charge in [-0.2, -0.15) is 0 Å². The molecule has 180 valence electrons. The minimum atomic E-state index is 0.336. The van der Waals surface area contributed by atoms with E-state index in [4.69, 9.17) is 8.83 Å². The lowest BCUT2D eigenvalue weighted by Gasteiger charge is -2.18. The van der Waals surface area contributed by atoms with Crippen LogP contribution in [0, 0.1) is 0 Å². The maximum absolute atomic E-state index is 6.27. The van der Waals surface area contributed by atoms with Crippen LogP contribution in [-0.2, 0) is 0 Å². The second kappa shape index (κ2) is 8.36. The number of fused-ring (bicyclic) bond motifs is 6. The van der Waals surface area contributed by atoms with E-state index in [-0.39, 0.29) is 0 Å². The highest BCUT2D eigenvalue weighted by molar-refractivity contribution is 6.09. The van der Waals surface area contributed by atoms with E-state index in [1.165, 1.54) is 27.6 Å². The topological polar surface area (TPSA) is 26.3 Å². The first-order valence-electron chi connectivity index (χ1n) is 13.1. The van der Waals surface area contributed by atoms with Gasteiger partial charge in [0.25, 0.3) is 0 Å². The molecular weight excluding hydrogens is 464 g/mol. The second-order valence-electron chi connectivity index (χ2n) is 10.1. The molecule has 1 aliphatic carbocycles. The van der Waals surface area contributed by atoms with Gasteiger partial charge in [0, 0.05) is 33.0 Å². The van der Waals surface area contributed by atoms with E-state index in [1.54, 1.807) is 0 Å². The van der Waals surface area contributed by atoms with Crippen molar-refractivity contribution in [3.8, 4) is 11.1 Å². The molecule has 5 aromatic carbocycles. The monoisotopic (exact) mass is 488 g/mol. The number of hydrogen-bond acceptors (Lipinski definition) is 2. The van der Waals surface area contributed by atoms with Crippen molar-refractivity contribution in [3.05, 3.63) is 139 Å². The van der Waals surface area contributed by atoms with Gasteiger partial charge in [-0.05, 0) is 52.9 Å². The molecule has 0 spiro atoms. The molecule has 2 heterocycles. The zero-order valence-corrected chi connectivity index (χ0v) is 20.7. The molecule has 0 radical (unpaired) electrons.